The van der Waals surface area contributed by atoms with Crippen molar-refractivity contribution in [2.75, 3.05) is 0 Å². The van der Waals surface area contributed by atoms with Crippen LogP contribution in [0.1, 0.15) is 23.4 Å². The molecule has 1 heterocycles. The number of alkyl halides is 2. The largest absolute Gasteiger partial charge is 0.481 e. The number of nitriles is 1. The van der Waals surface area contributed by atoms with Crippen LogP contribution in [-0.2, 0) is 11.2 Å². The first-order valence-corrected chi connectivity index (χ1v) is 4.43. The molecule has 0 aliphatic rings. The normalized spacial score (nSPS) is 10.2. The third-order valence-electron chi connectivity index (χ3n) is 1.73. The highest BCUT2D eigenvalue weighted by Crippen LogP contribution is 2.27. The molecule has 0 aliphatic carbocycles. The van der Waals surface area contributed by atoms with Crippen molar-refractivity contribution in [3.05, 3.63) is 28.0 Å². The molecule has 84 valence electrons. The fourth-order valence-electron chi connectivity index (χ4n) is 1.07. The van der Waals surface area contributed by atoms with Crippen molar-refractivity contribution in [1.29, 1.82) is 5.26 Å². The lowest BCUT2D eigenvalue weighted by Crippen LogP contribution is -2.07. The van der Waals surface area contributed by atoms with Crippen LogP contribution in [0.5, 0.6) is 0 Å². The first kappa shape index (κ1) is 12.3. The van der Waals surface area contributed by atoms with Gasteiger partial charge >= 0.3 is 5.97 Å². The summed E-state index contributed by atoms with van der Waals surface area (Å²) in [5.41, 5.74) is -1.04. The Labute approximate surface area is 94.1 Å². The van der Waals surface area contributed by atoms with Gasteiger partial charge in [0.15, 0.2) is 0 Å². The topological polar surface area (TPSA) is 74.0 Å². The van der Waals surface area contributed by atoms with E-state index in [1.165, 1.54) is 0 Å². The predicted molar refractivity (Wildman–Crippen MR) is 50.3 cm³/mol. The van der Waals surface area contributed by atoms with Crippen molar-refractivity contribution in [2.45, 2.75) is 12.8 Å². The molecular formula is C9H5ClF2N2O2. The lowest BCUT2D eigenvalue weighted by Gasteiger charge is -2.06. The van der Waals surface area contributed by atoms with E-state index < -0.39 is 24.5 Å². The summed E-state index contributed by atoms with van der Waals surface area (Å²) in [6, 6.07) is 2.65. The van der Waals surface area contributed by atoms with E-state index in [9.17, 15) is 13.6 Å². The van der Waals surface area contributed by atoms with E-state index in [1.54, 1.807) is 6.07 Å². The molecule has 0 aliphatic heterocycles. The minimum atomic E-state index is -2.91. The van der Waals surface area contributed by atoms with Gasteiger partial charge in [0, 0.05) is 0 Å². The molecule has 0 amide bonds. The summed E-state index contributed by atoms with van der Waals surface area (Å²) in [4.78, 5) is 13.8. The molecule has 1 rings (SSSR count). The maximum atomic E-state index is 12.4. The number of carbonyl (C=O) groups is 1. The van der Waals surface area contributed by atoms with E-state index in [0.717, 1.165) is 6.07 Å². The highest BCUT2D eigenvalue weighted by atomic mass is 35.5. The fraction of sp³-hybridized carbons (Fsp3) is 0.222. The smallest absolute Gasteiger partial charge is 0.309 e. The number of hydrogen-bond donors (Lipinski definition) is 1. The predicted octanol–water partition coefficient (Wildman–Crippen LogP) is 2.17. The summed E-state index contributed by atoms with van der Waals surface area (Å²) >= 11 is 5.47. The highest BCUT2D eigenvalue weighted by Gasteiger charge is 2.18. The summed E-state index contributed by atoms with van der Waals surface area (Å²) in [6.45, 7) is 0. The van der Waals surface area contributed by atoms with Gasteiger partial charge in [-0.25, -0.2) is 13.8 Å². The van der Waals surface area contributed by atoms with Gasteiger partial charge in [-0.15, -0.1) is 0 Å². The minimum Gasteiger partial charge on any atom is -0.481 e. The molecule has 0 bridgehead atoms. The maximum absolute atomic E-state index is 12.4. The second-order valence-corrected chi connectivity index (χ2v) is 3.24. The second kappa shape index (κ2) is 4.86. The molecule has 0 unspecified atom stereocenters. The Morgan fingerprint density at radius 2 is 2.31 bits per heavy atom. The fourth-order valence-corrected chi connectivity index (χ4v) is 1.30. The number of hydrogen-bond acceptors (Lipinski definition) is 3. The zero-order chi connectivity index (χ0) is 12.3. The first-order chi connectivity index (χ1) is 7.45. The number of halogens is 3. The van der Waals surface area contributed by atoms with Crippen molar-refractivity contribution in [3.8, 4) is 6.07 Å². The molecule has 0 radical (unpaired) electrons. The molecule has 4 nitrogen and oxygen atoms in total. The molecule has 0 saturated carbocycles. The van der Waals surface area contributed by atoms with Gasteiger partial charge in [-0.1, -0.05) is 11.6 Å². The van der Waals surface area contributed by atoms with Crippen LogP contribution in [0.2, 0.25) is 5.02 Å². The molecule has 16 heavy (non-hydrogen) atoms. The summed E-state index contributed by atoms with van der Waals surface area (Å²) in [7, 11) is 0. The van der Waals surface area contributed by atoms with Gasteiger partial charge in [0.2, 0.25) is 0 Å². The van der Waals surface area contributed by atoms with Gasteiger partial charge in [0.25, 0.3) is 6.43 Å². The van der Waals surface area contributed by atoms with E-state index in [4.69, 9.17) is 22.0 Å². The zero-order valence-electron chi connectivity index (χ0n) is 7.75. The van der Waals surface area contributed by atoms with Crippen molar-refractivity contribution in [2.24, 2.45) is 0 Å². The van der Waals surface area contributed by atoms with Gasteiger partial charge in [-0.05, 0) is 6.07 Å². The third-order valence-corrected chi connectivity index (χ3v) is 2.03. The molecule has 1 aromatic rings. The number of carboxylic acids is 1. The second-order valence-electron chi connectivity index (χ2n) is 2.83. The molecular weight excluding hydrogens is 242 g/mol. The van der Waals surface area contributed by atoms with Gasteiger partial charge in [0.05, 0.1) is 22.7 Å². The van der Waals surface area contributed by atoms with Crippen LogP contribution in [-0.4, -0.2) is 16.1 Å². The Balaban J connectivity index is 3.30. The van der Waals surface area contributed by atoms with Crippen LogP contribution in [0.15, 0.2) is 6.07 Å². The van der Waals surface area contributed by atoms with Gasteiger partial charge in [0.1, 0.15) is 11.8 Å². The van der Waals surface area contributed by atoms with Crippen molar-refractivity contribution < 1.29 is 18.7 Å². The minimum absolute atomic E-state index is 0.114. The summed E-state index contributed by atoms with van der Waals surface area (Å²) < 4.78 is 24.8. The van der Waals surface area contributed by atoms with Crippen molar-refractivity contribution in [1.82, 2.24) is 4.98 Å². The number of pyridine rings is 1. The Hall–Kier alpha value is -1.74. The zero-order valence-corrected chi connectivity index (χ0v) is 8.50. The van der Waals surface area contributed by atoms with Crippen LogP contribution >= 0.6 is 11.6 Å². The van der Waals surface area contributed by atoms with Gasteiger partial charge in [-0.3, -0.25) is 4.79 Å². The molecule has 0 spiro atoms. The highest BCUT2D eigenvalue weighted by molar-refractivity contribution is 6.31. The van der Waals surface area contributed by atoms with E-state index >= 15 is 0 Å². The Kier molecular flexibility index (Phi) is 3.74. The quantitative estimate of drug-likeness (QED) is 0.887. The first-order valence-electron chi connectivity index (χ1n) is 4.05. The SMILES string of the molecule is N#Cc1cc(Cl)c(C(F)F)nc1CC(=O)O. The number of carboxylic acid groups (broad SMARTS) is 1. The van der Waals surface area contributed by atoms with Gasteiger partial charge < -0.3 is 5.11 Å². The van der Waals surface area contributed by atoms with Gasteiger partial charge in [-0.2, -0.15) is 5.26 Å². The van der Waals surface area contributed by atoms with Crippen LogP contribution in [0.25, 0.3) is 0 Å². The average molecular weight is 247 g/mol. The molecule has 1 N–H and O–H groups in total. The molecule has 0 fully saturated rings. The Morgan fingerprint density at radius 1 is 1.69 bits per heavy atom. The van der Waals surface area contributed by atoms with Crippen molar-refractivity contribution >= 4 is 17.6 Å². The number of nitrogens with zero attached hydrogens (tertiary/aromatic N) is 2. The van der Waals surface area contributed by atoms with Crippen molar-refractivity contribution in [3.63, 3.8) is 0 Å². The van der Waals surface area contributed by atoms with E-state index in [0.29, 0.717) is 0 Å². The van der Waals surface area contributed by atoms with E-state index in [1.807, 2.05) is 0 Å². The number of aliphatic carboxylic acids is 1. The Bertz CT molecular complexity index is 471. The molecule has 1 aromatic heterocycles. The summed E-state index contributed by atoms with van der Waals surface area (Å²) in [5, 5.41) is 16.8. The molecule has 0 saturated heterocycles. The number of rotatable bonds is 3. The van der Waals surface area contributed by atoms with Crippen LogP contribution < -0.4 is 0 Å². The average Bonchev–Trinajstić information content (AvgIpc) is 2.18. The number of aromatic nitrogens is 1. The maximum Gasteiger partial charge on any atom is 0.309 e. The molecule has 0 atom stereocenters. The lowest BCUT2D eigenvalue weighted by atomic mass is 10.1. The standard InChI is InChI=1S/C9H5ClF2N2O2/c10-5-1-4(3-13)6(2-7(15)16)14-8(5)9(11)12/h1,9H,2H2,(H,15,16). The lowest BCUT2D eigenvalue weighted by molar-refractivity contribution is -0.136. The summed E-state index contributed by atoms with van der Waals surface area (Å²) in [6.07, 6.45) is -3.51. The van der Waals surface area contributed by atoms with Crippen LogP contribution in [0, 0.1) is 11.3 Å². The van der Waals surface area contributed by atoms with Crippen LogP contribution in [0.3, 0.4) is 0 Å². The van der Waals surface area contributed by atoms with Crippen LogP contribution in [0.4, 0.5) is 8.78 Å². The monoisotopic (exact) mass is 246 g/mol. The summed E-state index contributed by atoms with van der Waals surface area (Å²) in [5.74, 6) is -1.26. The van der Waals surface area contributed by atoms with E-state index in [2.05, 4.69) is 4.98 Å². The molecule has 0 aromatic carbocycles. The Morgan fingerprint density at radius 3 is 2.75 bits per heavy atom. The molecule has 7 heteroatoms. The van der Waals surface area contributed by atoms with E-state index in [-0.39, 0.29) is 16.3 Å². The third kappa shape index (κ3) is 2.64.